The SMILES string of the molecule is NS(=O)(=O)c1cccc(C(=O)[O-])c1. The van der Waals surface area contributed by atoms with E-state index in [0.717, 1.165) is 6.07 Å². The molecule has 13 heavy (non-hydrogen) atoms. The summed E-state index contributed by atoms with van der Waals surface area (Å²) >= 11 is 0. The van der Waals surface area contributed by atoms with Gasteiger partial charge in [0, 0.05) is 0 Å². The number of carboxylic acid groups (broad SMARTS) is 1. The predicted molar refractivity (Wildman–Crippen MR) is 42.1 cm³/mol. The number of sulfonamides is 1. The monoisotopic (exact) mass is 200 g/mol. The van der Waals surface area contributed by atoms with Crippen LogP contribution in [0.3, 0.4) is 0 Å². The third kappa shape index (κ3) is 2.27. The molecule has 0 saturated heterocycles. The van der Waals surface area contributed by atoms with E-state index in [1.165, 1.54) is 18.2 Å². The van der Waals surface area contributed by atoms with Crippen molar-refractivity contribution in [2.75, 3.05) is 0 Å². The molecule has 70 valence electrons. The van der Waals surface area contributed by atoms with Crippen molar-refractivity contribution in [1.29, 1.82) is 0 Å². The summed E-state index contributed by atoms with van der Waals surface area (Å²) in [5, 5.41) is 15.1. The molecule has 0 spiro atoms. The van der Waals surface area contributed by atoms with Gasteiger partial charge in [0.2, 0.25) is 10.0 Å². The predicted octanol–water partition coefficient (Wildman–Crippen LogP) is -1.30. The maximum Gasteiger partial charge on any atom is 0.238 e. The number of aromatic carboxylic acids is 1. The highest BCUT2D eigenvalue weighted by Gasteiger charge is 2.07. The van der Waals surface area contributed by atoms with Crippen molar-refractivity contribution in [1.82, 2.24) is 0 Å². The second kappa shape index (κ2) is 3.15. The number of hydrogen-bond acceptors (Lipinski definition) is 4. The van der Waals surface area contributed by atoms with Crippen LogP contribution >= 0.6 is 0 Å². The number of carbonyl (C=O) groups is 1. The van der Waals surface area contributed by atoms with Gasteiger partial charge in [-0.1, -0.05) is 12.1 Å². The average molecular weight is 200 g/mol. The summed E-state index contributed by atoms with van der Waals surface area (Å²) in [4.78, 5) is 10.1. The lowest BCUT2D eigenvalue weighted by molar-refractivity contribution is -0.255. The largest absolute Gasteiger partial charge is 0.545 e. The fraction of sp³-hybridized carbons (Fsp3) is 0. The summed E-state index contributed by atoms with van der Waals surface area (Å²) in [6.45, 7) is 0. The lowest BCUT2D eigenvalue weighted by Gasteiger charge is -2.03. The van der Waals surface area contributed by atoms with E-state index in [1.807, 2.05) is 0 Å². The van der Waals surface area contributed by atoms with Crippen LogP contribution in [0.15, 0.2) is 29.2 Å². The fourth-order valence-corrected chi connectivity index (χ4v) is 1.36. The molecule has 1 aromatic carbocycles. The zero-order chi connectivity index (χ0) is 10.1. The van der Waals surface area contributed by atoms with Gasteiger partial charge in [0.1, 0.15) is 0 Å². The molecule has 0 aliphatic carbocycles. The van der Waals surface area contributed by atoms with Crippen LogP contribution < -0.4 is 10.2 Å². The van der Waals surface area contributed by atoms with Crippen LogP contribution in [0.25, 0.3) is 0 Å². The first-order chi connectivity index (χ1) is 5.91. The minimum absolute atomic E-state index is 0.216. The molecular weight excluding hydrogens is 194 g/mol. The quantitative estimate of drug-likeness (QED) is 0.641. The molecule has 5 nitrogen and oxygen atoms in total. The summed E-state index contributed by atoms with van der Waals surface area (Å²) in [6.07, 6.45) is 0. The molecular formula is C7H6NO4S-. The Morgan fingerprint density at radius 2 is 2.00 bits per heavy atom. The fourth-order valence-electron chi connectivity index (χ4n) is 0.800. The van der Waals surface area contributed by atoms with Crippen molar-refractivity contribution in [2.24, 2.45) is 5.14 Å². The van der Waals surface area contributed by atoms with Gasteiger partial charge in [0.05, 0.1) is 10.9 Å². The molecule has 0 fully saturated rings. The standard InChI is InChI=1S/C7H7NO4S/c8-13(11,12)6-3-1-2-5(4-6)7(9)10/h1-4H,(H,9,10)(H2,8,11,12)/p-1. The zero-order valence-corrected chi connectivity index (χ0v) is 7.24. The number of nitrogens with two attached hydrogens (primary N) is 1. The number of rotatable bonds is 2. The first-order valence-corrected chi connectivity index (χ1v) is 4.80. The Bertz CT molecular complexity index is 438. The molecule has 0 aliphatic heterocycles. The van der Waals surface area contributed by atoms with Crippen LogP contribution in [-0.2, 0) is 10.0 Å². The molecule has 0 saturated carbocycles. The van der Waals surface area contributed by atoms with Crippen molar-refractivity contribution >= 4 is 16.0 Å². The molecule has 2 N–H and O–H groups in total. The Morgan fingerprint density at radius 3 is 2.46 bits per heavy atom. The van der Waals surface area contributed by atoms with Gasteiger partial charge in [-0.15, -0.1) is 0 Å². The molecule has 0 bridgehead atoms. The van der Waals surface area contributed by atoms with Crippen molar-refractivity contribution in [3.63, 3.8) is 0 Å². The van der Waals surface area contributed by atoms with Crippen LogP contribution in [-0.4, -0.2) is 14.4 Å². The average Bonchev–Trinajstić information content (AvgIpc) is 2.03. The van der Waals surface area contributed by atoms with Crippen LogP contribution in [0.1, 0.15) is 10.4 Å². The van der Waals surface area contributed by atoms with E-state index in [1.54, 1.807) is 0 Å². The second-order valence-corrected chi connectivity index (χ2v) is 3.92. The van der Waals surface area contributed by atoms with Gasteiger partial charge < -0.3 is 9.90 Å². The molecule has 0 aromatic heterocycles. The first kappa shape index (κ1) is 9.69. The Kier molecular flexibility index (Phi) is 2.35. The number of primary sulfonamides is 1. The van der Waals surface area contributed by atoms with E-state index in [9.17, 15) is 18.3 Å². The Balaban J connectivity index is 3.29. The second-order valence-electron chi connectivity index (χ2n) is 2.36. The van der Waals surface area contributed by atoms with E-state index >= 15 is 0 Å². The Morgan fingerprint density at radius 1 is 1.38 bits per heavy atom. The third-order valence-electron chi connectivity index (χ3n) is 1.40. The third-order valence-corrected chi connectivity index (χ3v) is 2.31. The van der Waals surface area contributed by atoms with Gasteiger partial charge in [-0.2, -0.15) is 0 Å². The van der Waals surface area contributed by atoms with E-state index in [-0.39, 0.29) is 10.5 Å². The number of benzene rings is 1. The first-order valence-electron chi connectivity index (χ1n) is 3.25. The minimum Gasteiger partial charge on any atom is -0.545 e. The lowest BCUT2D eigenvalue weighted by atomic mass is 10.2. The molecule has 0 aliphatic rings. The van der Waals surface area contributed by atoms with E-state index in [4.69, 9.17) is 5.14 Å². The molecule has 0 heterocycles. The van der Waals surface area contributed by atoms with Gasteiger partial charge in [-0.25, -0.2) is 13.6 Å². The van der Waals surface area contributed by atoms with E-state index < -0.39 is 16.0 Å². The van der Waals surface area contributed by atoms with E-state index in [0.29, 0.717) is 0 Å². The summed E-state index contributed by atoms with van der Waals surface area (Å²) in [7, 11) is -3.85. The molecule has 6 heteroatoms. The van der Waals surface area contributed by atoms with Gasteiger partial charge in [0.15, 0.2) is 0 Å². The summed E-state index contributed by atoms with van der Waals surface area (Å²) in [5.41, 5.74) is -0.216. The molecule has 0 radical (unpaired) electrons. The highest BCUT2D eigenvalue weighted by atomic mass is 32.2. The van der Waals surface area contributed by atoms with Crippen LogP contribution in [0, 0.1) is 0 Å². The highest BCUT2D eigenvalue weighted by Crippen LogP contribution is 2.08. The van der Waals surface area contributed by atoms with Gasteiger partial charge in [0.25, 0.3) is 0 Å². The summed E-state index contributed by atoms with van der Waals surface area (Å²) < 4.78 is 21.5. The van der Waals surface area contributed by atoms with Crippen molar-refractivity contribution < 1.29 is 18.3 Å². The lowest BCUT2D eigenvalue weighted by Crippen LogP contribution is -2.23. The maximum atomic E-state index is 10.8. The smallest absolute Gasteiger partial charge is 0.238 e. The molecule has 0 unspecified atom stereocenters. The van der Waals surface area contributed by atoms with Gasteiger partial charge >= 0.3 is 0 Å². The number of carboxylic acids is 1. The summed E-state index contributed by atoms with van der Waals surface area (Å²) in [5.74, 6) is -1.44. The van der Waals surface area contributed by atoms with Gasteiger partial charge in [-0.05, 0) is 17.7 Å². The summed E-state index contributed by atoms with van der Waals surface area (Å²) in [6, 6.07) is 4.67. The molecule has 0 amide bonds. The number of hydrogen-bond donors (Lipinski definition) is 1. The van der Waals surface area contributed by atoms with Crippen molar-refractivity contribution in [2.45, 2.75) is 4.90 Å². The zero-order valence-electron chi connectivity index (χ0n) is 6.43. The maximum absolute atomic E-state index is 10.8. The minimum atomic E-state index is -3.85. The molecule has 1 aromatic rings. The molecule has 0 atom stereocenters. The van der Waals surface area contributed by atoms with Crippen LogP contribution in [0.4, 0.5) is 0 Å². The Hall–Kier alpha value is -1.40. The van der Waals surface area contributed by atoms with Gasteiger partial charge in [-0.3, -0.25) is 0 Å². The van der Waals surface area contributed by atoms with Crippen molar-refractivity contribution in [3.8, 4) is 0 Å². The van der Waals surface area contributed by atoms with Crippen LogP contribution in [0.2, 0.25) is 0 Å². The van der Waals surface area contributed by atoms with Crippen LogP contribution in [0.5, 0.6) is 0 Å². The normalized spacial score (nSPS) is 11.2. The highest BCUT2D eigenvalue weighted by molar-refractivity contribution is 7.89. The van der Waals surface area contributed by atoms with E-state index in [2.05, 4.69) is 0 Å². The molecule has 1 rings (SSSR count). The topological polar surface area (TPSA) is 100 Å². The van der Waals surface area contributed by atoms with Crippen molar-refractivity contribution in [3.05, 3.63) is 29.8 Å². The number of carbonyl (C=O) groups excluding carboxylic acids is 1. The Labute approximate surface area is 74.9 Å².